The molecule has 132 valence electrons. The van der Waals surface area contributed by atoms with Gasteiger partial charge in [0.1, 0.15) is 0 Å². The zero-order valence-corrected chi connectivity index (χ0v) is 16.8. The van der Waals surface area contributed by atoms with Gasteiger partial charge in [-0.25, -0.2) is 4.99 Å². The largest absolute Gasteiger partial charge is 0.493 e. The maximum absolute atomic E-state index is 5.31. The molecule has 1 atom stereocenters. The average Bonchev–Trinajstić information content (AvgIpc) is 2.52. The highest BCUT2D eigenvalue weighted by molar-refractivity contribution is 14.0. The Morgan fingerprint density at radius 3 is 2.43 bits per heavy atom. The van der Waals surface area contributed by atoms with Crippen molar-refractivity contribution in [3.63, 3.8) is 0 Å². The zero-order chi connectivity index (χ0) is 16.4. The van der Waals surface area contributed by atoms with Gasteiger partial charge in [-0.1, -0.05) is 6.07 Å². The molecule has 2 N–H and O–H groups in total. The predicted octanol–water partition coefficient (Wildman–Crippen LogP) is 2.41. The summed E-state index contributed by atoms with van der Waals surface area (Å²) in [5.74, 6) is 2.19. The molecule has 0 aliphatic heterocycles. The van der Waals surface area contributed by atoms with E-state index in [-0.39, 0.29) is 30.0 Å². The number of rotatable bonds is 8. The van der Waals surface area contributed by atoms with Crippen LogP contribution in [0.2, 0.25) is 0 Å². The average molecular weight is 437 g/mol. The Hall–Kier alpha value is -1.22. The molecular formula is C16H28IN3O3. The summed E-state index contributed by atoms with van der Waals surface area (Å²) >= 11 is 0. The van der Waals surface area contributed by atoms with Crippen molar-refractivity contribution >= 4 is 29.9 Å². The van der Waals surface area contributed by atoms with Crippen molar-refractivity contribution in [1.82, 2.24) is 10.6 Å². The highest BCUT2D eigenvalue weighted by Crippen LogP contribution is 2.27. The first kappa shape index (κ1) is 21.8. The minimum Gasteiger partial charge on any atom is -0.493 e. The summed E-state index contributed by atoms with van der Waals surface area (Å²) in [6.45, 7) is 6.06. The molecular weight excluding hydrogens is 409 g/mol. The van der Waals surface area contributed by atoms with E-state index in [4.69, 9.17) is 14.2 Å². The number of ether oxygens (including phenoxy) is 3. The van der Waals surface area contributed by atoms with Crippen molar-refractivity contribution in [3.8, 4) is 11.5 Å². The molecule has 0 saturated heterocycles. The standard InChI is InChI=1S/C16H27N3O3.HI/c1-6-17-16(19-12(2)11-20-3)18-10-13-7-8-14(21-4)15(9-13)22-5;/h7-9,12H,6,10-11H2,1-5H3,(H2,17,18,19);1H. The molecule has 1 unspecified atom stereocenters. The maximum atomic E-state index is 5.31. The number of hydrogen-bond acceptors (Lipinski definition) is 4. The number of methoxy groups -OCH3 is 3. The van der Waals surface area contributed by atoms with E-state index in [1.807, 2.05) is 32.0 Å². The first-order valence-electron chi connectivity index (χ1n) is 7.39. The normalized spacial score (nSPS) is 12.1. The highest BCUT2D eigenvalue weighted by Gasteiger charge is 2.06. The van der Waals surface area contributed by atoms with Gasteiger partial charge in [-0.3, -0.25) is 0 Å². The second-order valence-electron chi connectivity index (χ2n) is 4.89. The summed E-state index contributed by atoms with van der Waals surface area (Å²) < 4.78 is 15.7. The van der Waals surface area contributed by atoms with Gasteiger partial charge in [-0.2, -0.15) is 0 Å². The summed E-state index contributed by atoms with van der Waals surface area (Å²) in [7, 11) is 4.94. The van der Waals surface area contributed by atoms with Crippen LogP contribution in [0.3, 0.4) is 0 Å². The van der Waals surface area contributed by atoms with E-state index in [0.29, 0.717) is 24.7 Å². The molecule has 1 rings (SSSR count). The third kappa shape index (κ3) is 7.74. The van der Waals surface area contributed by atoms with E-state index < -0.39 is 0 Å². The topological polar surface area (TPSA) is 64.1 Å². The van der Waals surface area contributed by atoms with Gasteiger partial charge in [0, 0.05) is 19.7 Å². The van der Waals surface area contributed by atoms with Crippen LogP contribution in [0.5, 0.6) is 11.5 Å². The molecule has 6 nitrogen and oxygen atoms in total. The van der Waals surface area contributed by atoms with E-state index in [2.05, 4.69) is 15.6 Å². The molecule has 0 saturated carbocycles. The first-order valence-corrected chi connectivity index (χ1v) is 7.39. The lowest BCUT2D eigenvalue weighted by atomic mass is 10.2. The number of aliphatic imine (C=N–C) groups is 1. The molecule has 23 heavy (non-hydrogen) atoms. The second kappa shape index (κ2) is 12.2. The van der Waals surface area contributed by atoms with E-state index >= 15 is 0 Å². The molecule has 0 radical (unpaired) electrons. The van der Waals surface area contributed by atoms with Crippen LogP contribution in [0, 0.1) is 0 Å². The molecule has 0 aromatic heterocycles. The van der Waals surface area contributed by atoms with E-state index in [1.165, 1.54) is 0 Å². The van der Waals surface area contributed by atoms with Crippen LogP contribution in [0.15, 0.2) is 23.2 Å². The SMILES string of the molecule is CCNC(=NCc1ccc(OC)c(OC)c1)NC(C)COC.I. The number of hydrogen-bond donors (Lipinski definition) is 2. The molecule has 1 aromatic carbocycles. The van der Waals surface area contributed by atoms with Gasteiger partial charge in [0.25, 0.3) is 0 Å². The first-order chi connectivity index (χ1) is 10.6. The summed E-state index contributed by atoms with van der Waals surface area (Å²) in [6.07, 6.45) is 0. The van der Waals surface area contributed by atoms with Crippen molar-refractivity contribution < 1.29 is 14.2 Å². The summed E-state index contributed by atoms with van der Waals surface area (Å²) in [5.41, 5.74) is 1.05. The Morgan fingerprint density at radius 2 is 1.87 bits per heavy atom. The van der Waals surface area contributed by atoms with Crippen LogP contribution < -0.4 is 20.1 Å². The molecule has 0 aliphatic rings. The van der Waals surface area contributed by atoms with Crippen LogP contribution in [0.4, 0.5) is 0 Å². The molecule has 0 spiro atoms. The number of nitrogens with one attached hydrogen (secondary N) is 2. The van der Waals surface area contributed by atoms with E-state index in [9.17, 15) is 0 Å². The van der Waals surface area contributed by atoms with Crippen molar-refractivity contribution in [2.75, 3.05) is 34.5 Å². The van der Waals surface area contributed by atoms with Gasteiger partial charge in [-0.05, 0) is 31.5 Å². The molecule has 0 heterocycles. The third-order valence-corrected chi connectivity index (χ3v) is 3.01. The smallest absolute Gasteiger partial charge is 0.191 e. The summed E-state index contributed by atoms with van der Waals surface area (Å²) in [5, 5.41) is 6.52. The lowest BCUT2D eigenvalue weighted by molar-refractivity contribution is 0.179. The number of halogens is 1. The fourth-order valence-electron chi connectivity index (χ4n) is 1.99. The van der Waals surface area contributed by atoms with Crippen molar-refractivity contribution in [3.05, 3.63) is 23.8 Å². The number of guanidine groups is 1. The number of nitrogens with zero attached hydrogens (tertiary/aromatic N) is 1. The zero-order valence-electron chi connectivity index (χ0n) is 14.5. The van der Waals surface area contributed by atoms with Gasteiger partial charge < -0.3 is 24.8 Å². The maximum Gasteiger partial charge on any atom is 0.191 e. The van der Waals surface area contributed by atoms with Gasteiger partial charge >= 0.3 is 0 Å². The molecule has 0 fully saturated rings. The molecule has 0 amide bonds. The molecule has 0 bridgehead atoms. The van der Waals surface area contributed by atoms with Crippen LogP contribution in [-0.4, -0.2) is 46.5 Å². The second-order valence-corrected chi connectivity index (χ2v) is 4.89. The Balaban J connectivity index is 0.00000484. The highest BCUT2D eigenvalue weighted by atomic mass is 127. The van der Waals surface area contributed by atoms with Crippen molar-refractivity contribution in [2.45, 2.75) is 26.4 Å². The van der Waals surface area contributed by atoms with E-state index in [0.717, 1.165) is 18.1 Å². The third-order valence-electron chi connectivity index (χ3n) is 3.01. The van der Waals surface area contributed by atoms with Crippen molar-refractivity contribution in [2.24, 2.45) is 4.99 Å². The fraction of sp³-hybridized carbons (Fsp3) is 0.562. The number of benzene rings is 1. The van der Waals surface area contributed by atoms with Gasteiger partial charge in [0.2, 0.25) is 0 Å². The monoisotopic (exact) mass is 437 g/mol. The summed E-state index contributed by atoms with van der Waals surface area (Å²) in [4.78, 5) is 4.58. The Bertz CT molecular complexity index is 484. The van der Waals surface area contributed by atoms with Crippen LogP contribution in [-0.2, 0) is 11.3 Å². The van der Waals surface area contributed by atoms with Gasteiger partial charge in [0.05, 0.1) is 27.4 Å². The van der Waals surface area contributed by atoms with Crippen LogP contribution in [0.1, 0.15) is 19.4 Å². The van der Waals surface area contributed by atoms with Crippen molar-refractivity contribution in [1.29, 1.82) is 0 Å². The van der Waals surface area contributed by atoms with E-state index in [1.54, 1.807) is 21.3 Å². The van der Waals surface area contributed by atoms with Crippen LogP contribution >= 0.6 is 24.0 Å². The lowest BCUT2D eigenvalue weighted by Gasteiger charge is -2.17. The molecule has 1 aromatic rings. The fourth-order valence-corrected chi connectivity index (χ4v) is 1.99. The lowest BCUT2D eigenvalue weighted by Crippen LogP contribution is -2.43. The van der Waals surface area contributed by atoms with Crippen LogP contribution in [0.25, 0.3) is 0 Å². The predicted molar refractivity (Wildman–Crippen MR) is 104 cm³/mol. The Morgan fingerprint density at radius 1 is 1.17 bits per heavy atom. The molecule has 7 heteroatoms. The minimum absolute atomic E-state index is 0. The van der Waals surface area contributed by atoms with Gasteiger partial charge in [0.15, 0.2) is 17.5 Å². The molecule has 0 aliphatic carbocycles. The minimum atomic E-state index is 0. The van der Waals surface area contributed by atoms with Gasteiger partial charge in [-0.15, -0.1) is 24.0 Å². The Labute approximate surface area is 156 Å². The Kier molecular flexibility index (Phi) is 11.6. The summed E-state index contributed by atoms with van der Waals surface area (Å²) in [6, 6.07) is 5.99. The quantitative estimate of drug-likeness (QED) is 0.372.